The highest BCUT2D eigenvalue weighted by atomic mass is 35.5. The van der Waals surface area contributed by atoms with Crippen LogP contribution < -0.4 is 5.32 Å². The summed E-state index contributed by atoms with van der Waals surface area (Å²) in [6.07, 6.45) is 2.18. The maximum atomic E-state index is 12.3. The molecular formula is C19H23ClN4OS. The first-order chi connectivity index (χ1) is 12.6. The Morgan fingerprint density at radius 2 is 2.15 bits per heavy atom. The predicted octanol–water partition coefficient (Wildman–Crippen LogP) is 3.98. The van der Waals surface area contributed by atoms with E-state index in [1.807, 2.05) is 24.4 Å². The molecule has 1 aromatic carbocycles. The van der Waals surface area contributed by atoms with E-state index >= 15 is 0 Å². The fourth-order valence-corrected chi connectivity index (χ4v) is 3.78. The van der Waals surface area contributed by atoms with Crippen molar-refractivity contribution in [2.24, 2.45) is 0 Å². The third-order valence-corrected chi connectivity index (χ3v) is 5.53. The zero-order chi connectivity index (χ0) is 18.5. The number of amides is 1. The van der Waals surface area contributed by atoms with Crippen LogP contribution in [0.5, 0.6) is 0 Å². The second-order valence-corrected chi connectivity index (χ2v) is 7.53. The molecule has 3 aromatic rings. The summed E-state index contributed by atoms with van der Waals surface area (Å²) in [6.45, 7) is 7.63. The maximum absolute atomic E-state index is 12.3. The van der Waals surface area contributed by atoms with Crippen molar-refractivity contribution < 1.29 is 4.79 Å². The standard InChI is InChI=1S/C19H23ClN4OS/c1-3-24(4-2)11-15-12-26-19(23-15)10-22-18(25)7-13-9-21-17-6-5-14(20)8-16(13)17/h5-6,8-9,12,21H,3-4,7,10-11H2,1-2H3,(H,22,25). The average molecular weight is 391 g/mol. The molecule has 0 bridgehead atoms. The summed E-state index contributed by atoms with van der Waals surface area (Å²) in [5.74, 6) is -0.0219. The molecule has 26 heavy (non-hydrogen) atoms. The molecule has 0 atom stereocenters. The molecule has 0 aliphatic carbocycles. The molecule has 0 radical (unpaired) electrons. The molecule has 2 N–H and O–H groups in total. The van der Waals surface area contributed by atoms with E-state index in [0.29, 0.717) is 18.0 Å². The lowest BCUT2D eigenvalue weighted by Crippen LogP contribution is -2.24. The number of nitrogens with one attached hydrogen (secondary N) is 2. The van der Waals surface area contributed by atoms with Crippen LogP contribution in [-0.4, -0.2) is 33.9 Å². The third kappa shape index (κ3) is 4.63. The maximum Gasteiger partial charge on any atom is 0.224 e. The van der Waals surface area contributed by atoms with Crippen LogP contribution in [0.15, 0.2) is 29.8 Å². The topological polar surface area (TPSA) is 61.0 Å². The Kier molecular flexibility index (Phi) is 6.29. The SMILES string of the molecule is CCN(CC)Cc1csc(CNC(=O)Cc2c[nH]c3ccc(Cl)cc23)n1. The second kappa shape index (κ2) is 8.66. The number of halogens is 1. The number of benzene rings is 1. The van der Waals surface area contributed by atoms with E-state index in [1.165, 1.54) is 0 Å². The van der Waals surface area contributed by atoms with Crippen molar-refractivity contribution in [1.82, 2.24) is 20.2 Å². The van der Waals surface area contributed by atoms with Crippen molar-refractivity contribution >= 4 is 39.7 Å². The number of fused-ring (bicyclic) bond motifs is 1. The molecule has 7 heteroatoms. The van der Waals surface area contributed by atoms with Crippen molar-refractivity contribution in [2.45, 2.75) is 33.4 Å². The third-order valence-electron chi connectivity index (χ3n) is 4.40. The molecule has 2 aromatic heterocycles. The van der Waals surface area contributed by atoms with E-state index in [0.717, 1.165) is 46.8 Å². The highest BCUT2D eigenvalue weighted by Gasteiger charge is 2.11. The van der Waals surface area contributed by atoms with Crippen molar-refractivity contribution in [3.63, 3.8) is 0 Å². The number of aromatic amines is 1. The lowest BCUT2D eigenvalue weighted by Gasteiger charge is -2.15. The summed E-state index contributed by atoms with van der Waals surface area (Å²) < 4.78 is 0. The number of nitrogens with zero attached hydrogens (tertiary/aromatic N) is 2. The van der Waals surface area contributed by atoms with E-state index in [2.05, 4.69) is 39.4 Å². The Morgan fingerprint density at radius 1 is 1.35 bits per heavy atom. The van der Waals surface area contributed by atoms with Crippen LogP contribution in [0.25, 0.3) is 10.9 Å². The summed E-state index contributed by atoms with van der Waals surface area (Å²) >= 11 is 7.65. The molecule has 5 nitrogen and oxygen atoms in total. The molecule has 1 amide bonds. The van der Waals surface area contributed by atoms with Gasteiger partial charge in [-0.25, -0.2) is 4.98 Å². The minimum Gasteiger partial charge on any atom is -0.361 e. The largest absolute Gasteiger partial charge is 0.361 e. The van der Waals surface area contributed by atoms with E-state index in [-0.39, 0.29) is 5.91 Å². The van der Waals surface area contributed by atoms with Crippen LogP contribution in [0.4, 0.5) is 0 Å². The van der Waals surface area contributed by atoms with Gasteiger partial charge in [0.1, 0.15) is 5.01 Å². The monoisotopic (exact) mass is 390 g/mol. The first-order valence-electron chi connectivity index (χ1n) is 8.76. The first-order valence-corrected chi connectivity index (χ1v) is 10.0. The van der Waals surface area contributed by atoms with Gasteiger partial charge in [0.25, 0.3) is 0 Å². The van der Waals surface area contributed by atoms with Crippen LogP contribution >= 0.6 is 22.9 Å². The lowest BCUT2D eigenvalue weighted by atomic mass is 10.1. The number of hydrogen-bond acceptors (Lipinski definition) is 4. The smallest absolute Gasteiger partial charge is 0.224 e. The Morgan fingerprint density at radius 3 is 2.92 bits per heavy atom. The number of carbonyl (C=O) groups excluding carboxylic acids is 1. The van der Waals surface area contributed by atoms with Gasteiger partial charge in [0.2, 0.25) is 5.91 Å². The van der Waals surface area contributed by atoms with Gasteiger partial charge >= 0.3 is 0 Å². The molecule has 0 aliphatic rings. The number of carbonyl (C=O) groups is 1. The summed E-state index contributed by atoms with van der Waals surface area (Å²) in [5.41, 5.74) is 2.99. The predicted molar refractivity (Wildman–Crippen MR) is 108 cm³/mol. The number of rotatable bonds is 8. The normalized spacial score (nSPS) is 11.4. The molecule has 0 saturated carbocycles. The Hall–Kier alpha value is -1.89. The molecule has 3 rings (SSSR count). The molecule has 0 unspecified atom stereocenters. The molecule has 138 valence electrons. The average Bonchev–Trinajstić information content (AvgIpc) is 3.25. The van der Waals surface area contributed by atoms with Gasteiger partial charge in [-0.3, -0.25) is 9.69 Å². The van der Waals surface area contributed by atoms with Crippen molar-refractivity contribution in [2.75, 3.05) is 13.1 Å². The van der Waals surface area contributed by atoms with E-state index < -0.39 is 0 Å². The number of thiazole rings is 1. The Labute approximate surface area is 162 Å². The fraction of sp³-hybridized carbons (Fsp3) is 0.368. The van der Waals surface area contributed by atoms with Crippen LogP contribution in [0.2, 0.25) is 5.02 Å². The zero-order valence-electron chi connectivity index (χ0n) is 15.0. The molecule has 0 spiro atoms. The Balaban J connectivity index is 1.55. The van der Waals surface area contributed by atoms with Crippen LogP contribution in [0, 0.1) is 0 Å². The zero-order valence-corrected chi connectivity index (χ0v) is 16.6. The molecule has 0 saturated heterocycles. The van der Waals surface area contributed by atoms with E-state index in [4.69, 9.17) is 11.6 Å². The Bertz CT molecular complexity index is 885. The van der Waals surface area contributed by atoms with Gasteiger partial charge in [-0.15, -0.1) is 11.3 Å². The number of H-pyrrole nitrogens is 1. The van der Waals surface area contributed by atoms with Crippen LogP contribution in [-0.2, 0) is 24.3 Å². The minimum atomic E-state index is -0.0219. The quantitative estimate of drug-likeness (QED) is 0.611. The number of aromatic nitrogens is 2. The minimum absolute atomic E-state index is 0.0219. The van der Waals surface area contributed by atoms with Gasteiger partial charge in [-0.2, -0.15) is 0 Å². The highest BCUT2D eigenvalue weighted by Crippen LogP contribution is 2.22. The van der Waals surface area contributed by atoms with Crippen LogP contribution in [0.1, 0.15) is 30.1 Å². The summed E-state index contributed by atoms with van der Waals surface area (Å²) in [4.78, 5) is 22.4. The summed E-state index contributed by atoms with van der Waals surface area (Å²) in [5, 5.41) is 7.62. The first kappa shape index (κ1) is 18.9. The fourth-order valence-electron chi connectivity index (χ4n) is 2.89. The van der Waals surface area contributed by atoms with Gasteiger partial charge < -0.3 is 10.3 Å². The van der Waals surface area contributed by atoms with Gasteiger partial charge in [0.15, 0.2) is 0 Å². The van der Waals surface area contributed by atoms with Gasteiger partial charge in [0.05, 0.1) is 18.7 Å². The van der Waals surface area contributed by atoms with Crippen molar-refractivity contribution in [1.29, 1.82) is 0 Å². The molecular weight excluding hydrogens is 368 g/mol. The van der Waals surface area contributed by atoms with Gasteiger partial charge in [0, 0.05) is 34.0 Å². The summed E-state index contributed by atoms with van der Waals surface area (Å²) in [6, 6.07) is 5.64. The van der Waals surface area contributed by atoms with E-state index in [1.54, 1.807) is 11.3 Å². The second-order valence-electron chi connectivity index (χ2n) is 6.15. The molecule has 0 fully saturated rings. The highest BCUT2D eigenvalue weighted by molar-refractivity contribution is 7.09. The van der Waals surface area contributed by atoms with Gasteiger partial charge in [-0.05, 0) is 36.9 Å². The lowest BCUT2D eigenvalue weighted by molar-refractivity contribution is -0.120. The van der Waals surface area contributed by atoms with Gasteiger partial charge in [-0.1, -0.05) is 25.4 Å². The summed E-state index contributed by atoms with van der Waals surface area (Å²) in [7, 11) is 0. The number of hydrogen-bond donors (Lipinski definition) is 2. The van der Waals surface area contributed by atoms with Crippen LogP contribution in [0.3, 0.4) is 0 Å². The molecule has 0 aliphatic heterocycles. The van der Waals surface area contributed by atoms with E-state index in [9.17, 15) is 4.79 Å². The van der Waals surface area contributed by atoms with Crippen molar-refractivity contribution in [3.05, 3.63) is 51.1 Å². The van der Waals surface area contributed by atoms with Crippen molar-refractivity contribution in [3.8, 4) is 0 Å². The molecule has 2 heterocycles.